The van der Waals surface area contributed by atoms with Crippen molar-refractivity contribution in [1.82, 2.24) is 9.88 Å². The van der Waals surface area contributed by atoms with Gasteiger partial charge in [0.15, 0.2) is 0 Å². The molecule has 114 valence electrons. The van der Waals surface area contributed by atoms with Crippen LogP contribution in [0.2, 0.25) is 0 Å². The molecule has 0 saturated carbocycles. The quantitative estimate of drug-likeness (QED) is 0.642. The van der Waals surface area contributed by atoms with Crippen molar-refractivity contribution in [2.45, 2.75) is 12.8 Å². The molecule has 0 unspecified atom stereocenters. The average molecular weight is 295 g/mol. The number of rotatable bonds is 4. The summed E-state index contributed by atoms with van der Waals surface area (Å²) in [6.07, 6.45) is 3.76. The lowest BCUT2D eigenvalue weighted by atomic mass is 10.00. The van der Waals surface area contributed by atoms with Crippen molar-refractivity contribution < 1.29 is 4.84 Å². The molecule has 1 heterocycles. The van der Waals surface area contributed by atoms with Gasteiger partial charge in [-0.25, -0.2) is 0 Å². The molecule has 2 aromatic rings. The SMILES string of the molecule is CN(C)CCO/N=C1/c2ccccc2CCc2ncccc21. The molecule has 1 aliphatic rings. The van der Waals surface area contributed by atoms with Crippen molar-refractivity contribution in [3.63, 3.8) is 0 Å². The lowest BCUT2D eigenvalue weighted by molar-refractivity contribution is 0.126. The smallest absolute Gasteiger partial charge is 0.129 e. The number of pyridine rings is 1. The highest BCUT2D eigenvalue weighted by molar-refractivity contribution is 6.14. The zero-order valence-electron chi connectivity index (χ0n) is 13.1. The van der Waals surface area contributed by atoms with Crippen LogP contribution < -0.4 is 0 Å². The minimum atomic E-state index is 0.578. The topological polar surface area (TPSA) is 37.7 Å². The Bertz CT molecular complexity index is 630. The summed E-state index contributed by atoms with van der Waals surface area (Å²) in [5.41, 5.74) is 5.52. The fourth-order valence-corrected chi connectivity index (χ4v) is 2.65. The Kier molecular flexibility index (Phi) is 4.49. The van der Waals surface area contributed by atoms with Gasteiger partial charge in [0.2, 0.25) is 0 Å². The number of nitrogens with zero attached hydrogens (tertiary/aromatic N) is 3. The van der Waals surface area contributed by atoms with Crippen molar-refractivity contribution in [3.05, 3.63) is 65.0 Å². The van der Waals surface area contributed by atoms with Gasteiger partial charge >= 0.3 is 0 Å². The summed E-state index contributed by atoms with van der Waals surface area (Å²) in [5.74, 6) is 0. The van der Waals surface area contributed by atoms with Crippen molar-refractivity contribution in [3.8, 4) is 0 Å². The van der Waals surface area contributed by atoms with Gasteiger partial charge in [0.1, 0.15) is 12.3 Å². The highest BCUT2D eigenvalue weighted by Gasteiger charge is 2.20. The molecule has 0 amide bonds. The second-order valence-corrected chi connectivity index (χ2v) is 5.73. The van der Waals surface area contributed by atoms with Gasteiger partial charge in [-0.15, -0.1) is 0 Å². The van der Waals surface area contributed by atoms with Gasteiger partial charge < -0.3 is 9.74 Å². The molecule has 1 aromatic carbocycles. The van der Waals surface area contributed by atoms with Crippen LogP contribution in [0.4, 0.5) is 0 Å². The van der Waals surface area contributed by atoms with E-state index in [1.54, 1.807) is 0 Å². The van der Waals surface area contributed by atoms with E-state index < -0.39 is 0 Å². The van der Waals surface area contributed by atoms with Crippen molar-refractivity contribution in [2.75, 3.05) is 27.2 Å². The van der Waals surface area contributed by atoms with Crippen molar-refractivity contribution in [2.24, 2.45) is 5.16 Å². The average Bonchev–Trinajstić information content (AvgIpc) is 2.69. The van der Waals surface area contributed by atoms with Crippen LogP contribution in [0.25, 0.3) is 0 Å². The number of aryl methyl sites for hydroxylation is 2. The molecule has 22 heavy (non-hydrogen) atoms. The maximum atomic E-state index is 5.57. The number of benzene rings is 1. The lowest BCUT2D eigenvalue weighted by Crippen LogP contribution is -2.17. The maximum Gasteiger partial charge on any atom is 0.129 e. The number of fused-ring (bicyclic) bond motifs is 2. The van der Waals surface area contributed by atoms with Crippen LogP contribution in [0.5, 0.6) is 0 Å². The Balaban J connectivity index is 1.97. The van der Waals surface area contributed by atoms with E-state index in [2.05, 4.69) is 45.4 Å². The van der Waals surface area contributed by atoms with E-state index in [1.165, 1.54) is 5.56 Å². The highest BCUT2D eigenvalue weighted by Crippen LogP contribution is 2.23. The Labute approximate surface area is 131 Å². The monoisotopic (exact) mass is 295 g/mol. The van der Waals surface area contributed by atoms with Gasteiger partial charge in [0, 0.05) is 23.9 Å². The molecule has 1 aromatic heterocycles. The standard InChI is InChI=1S/C18H21N3O/c1-21(2)12-13-22-20-18-15-7-4-3-6-14(15)9-10-17-16(18)8-5-11-19-17/h3-8,11H,9-10,12-13H2,1-2H3/b20-18-. The van der Waals surface area contributed by atoms with E-state index >= 15 is 0 Å². The van der Waals surface area contributed by atoms with Crippen LogP contribution in [-0.4, -0.2) is 42.8 Å². The minimum Gasteiger partial charge on any atom is -0.394 e. The molecule has 0 fully saturated rings. The Morgan fingerprint density at radius 1 is 1.09 bits per heavy atom. The van der Waals surface area contributed by atoms with Crippen LogP contribution in [0.1, 0.15) is 22.4 Å². The van der Waals surface area contributed by atoms with E-state index in [1.807, 2.05) is 26.4 Å². The predicted octanol–water partition coefficient (Wildman–Crippen LogP) is 2.51. The summed E-state index contributed by atoms with van der Waals surface area (Å²) in [6, 6.07) is 12.4. The number of oxime groups is 1. The third-order valence-corrected chi connectivity index (χ3v) is 3.83. The van der Waals surface area contributed by atoms with Crippen LogP contribution in [0, 0.1) is 0 Å². The maximum absolute atomic E-state index is 5.57. The first-order valence-electron chi connectivity index (χ1n) is 7.63. The lowest BCUT2D eigenvalue weighted by Gasteiger charge is -2.11. The molecule has 4 nitrogen and oxygen atoms in total. The van der Waals surface area contributed by atoms with E-state index in [4.69, 9.17) is 4.84 Å². The predicted molar refractivity (Wildman–Crippen MR) is 88.2 cm³/mol. The van der Waals surface area contributed by atoms with Crippen LogP contribution >= 0.6 is 0 Å². The largest absolute Gasteiger partial charge is 0.394 e. The number of hydrogen-bond acceptors (Lipinski definition) is 4. The molecular formula is C18H21N3O. The summed E-state index contributed by atoms with van der Waals surface area (Å²) >= 11 is 0. The summed E-state index contributed by atoms with van der Waals surface area (Å²) in [6.45, 7) is 1.42. The molecular weight excluding hydrogens is 274 g/mol. The first-order valence-corrected chi connectivity index (χ1v) is 7.63. The van der Waals surface area contributed by atoms with Gasteiger partial charge in [-0.05, 0) is 44.6 Å². The molecule has 4 heteroatoms. The molecule has 0 atom stereocenters. The Morgan fingerprint density at radius 3 is 2.77 bits per heavy atom. The fraction of sp³-hybridized carbons (Fsp3) is 0.333. The first-order chi connectivity index (χ1) is 10.8. The van der Waals surface area contributed by atoms with Crippen molar-refractivity contribution in [1.29, 1.82) is 0 Å². The van der Waals surface area contributed by atoms with Crippen molar-refractivity contribution >= 4 is 5.71 Å². The molecule has 3 rings (SSSR count). The molecule has 0 spiro atoms. The van der Waals surface area contributed by atoms with Crippen LogP contribution in [0.3, 0.4) is 0 Å². The number of likely N-dealkylation sites (N-methyl/N-ethyl adjacent to an activating group) is 1. The summed E-state index contributed by atoms with van der Waals surface area (Å²) in [4.78, 5) is 12.2. The second kappa shape index (κ2) is 6.71. The minimum absolute atomic E-state index is 0.578. The van der Waals surface area contributed by atoms with Gasteiger partial charge in [-0.2, -0.15) is 0 Å². The summed E-state index contributed by atoms with van der Waals surface area (Å²) in [7, 11) is 4.05. The molecule has 0 N–H and O–H groups in total. The number of hydrogen-bond donors (Lipinski definition) is 0. The van der Waals surface area contributed by atoms with Gasteiger partial charge in [0.05, 0.1) is 5.69 Å². The molecule has 1 aliphatic carbocycles. The van der Waals surface area contributed by atoms with Crippen LogP contribution in [-0.2, 0) is 17.7 Å². The zero-order valence-corrected chi connectivity index (χ0v) is 13.1. The Morgan fingerprint density at radius 2 is 1.91 bits per heavy atom. The van der Waals surface area contributed by atoms with Gasteiger partial charge in [0.25, 0.3) is 0 Å². The fourth-order valence-electron chi connectivity index (χ4n) is 2.65. The second-order valence-electron chi connectivity index (χ2n) is 5.73. The van der Waals surface area contributed by atoms with Gasteiger partial charge in [-0.1, -0.05) is 29.4 Å². The van der Waals surface area contributed by atoms with E-state index in [0.717, 1.165) is 41.9 Å². The summed E-state index contributed by atoms with van der Waals surface area (Å²) < 4.78 is 0. The number of aromatic nitrogens is 1. The highest BCUT2D eigenvalue weighted by atomic mass is 16.6. The first kappa shape index (κ1) is 14.7. The molecule has 0 bridgehead atoms. The normalized spacial score (nSPS) is 15.3. The summed E-state index contributed by atoms with van der Waals surface area (Å²) in [5, 5.41) is 4.45. The molecule has 0 saturated heterocycles. The van der Waals surface area contributed by atoms with E-state index in [-0.39, 0.29) is 0 Å². The zero-order chi connectivity index (χ0) is 15.4. The third-order valence-electron chi connectivity index (χ3n) is 3.83. The molecule has 0 radical (unpaired) electrons. The molecule has 0 aliphatic heterocycles. The van der Waals surface area contributed by atoms with E-state index in [9.17, 15) is 0 Å². The Hall–Kier alpha value is -2.20. The van der Waals surface area contributed by atoms with Crippen LogP contribution in [0.15, 0.2) is 47.8 Å². The van der Waals surface area contributed by atoms with E-state index in [0.29, 0.717) is 6.61 Å². The third kappa shape index (κ3) is 3.17. The van der Waals surface area contributed by atoms with Gasteiger partial charge in [-0.3, -0.25) is 4.98 Å².